The third-order valence-electron chi connectivity index (χ3n) is 7.65. The molecular formula is C25H34N4O5S. The highest BCUT2D eigenvalue weighted by atomic mass is 32.2. The number of nitrogens with zero attached hydrogens (tertiary/aromatic N) is 3. The van der Waals surface area contributed by atoms with E-state index in [9.17, 15) is 13.2 Å². The number of hydrogen-bond acceptors (Lipinski definition) is 7. The molecule has 1 N–H and O–H groups in total. The first-order valence-corrected chi connectivity index (χ1v) is 13.9. The van der Waals surface area contributed by atoms with Gasteiger partial charge in [0.15, 0.2) is 5.76 Å². The Labute approximate surface area is 206 Å². The summed E-state index contributed by atoms with van der Waals surface area (Å²) in [6.45, 7) is 8.09. The highest BCUT2D eigenvalue weighted by Crippen LogP contribution is 2.36. The maximum absolute atomic E-state index is 13.2. The van der Waals surface area contributed by atoms with Crippen molar-refractivity contribution in [1.29, 1.82) is 0 Å². The average Bonchev–Trinajstić information content (AvgIpc) is 3.61. The molecule has 0 spiro atoms. The Balaban J connectivity index is 1.19. The quantitative estimate of drug-likeness (QED) is 0.590. The van der Waals surface area contributed by atoms with Crippen LogP contribution in [-0.4, -0.2) is 74.6 Å². The summed E-state index contributed by atoms with van der Waals surface area (Å²) < 4.78 is 38.5. The molecule has 3 fully saturated rings. The van der Waals surface area contributed by atoms with Gasteiger partial charge < -0.3 is 19.5 Å². The van der Waals surface area contributed by atoms with Crippen molar-refractivity contribution >= 4 is 15.9 Å². The van der Waals surface area contributed by atoms with Gasteiger partial charge in [0.1, 0.15) is 10.6 Å². The minimum absolute atomic E-state index is 0.0545. The Morgan fingerprint density at radius 1 is 1.14 bits per heavy atom. The fourth-order valence-electron chi connectivity index (χ4n) is 5.75. The van der Waals surface area contributed by atoms with Crippen molar-refractivity contribution in [2.75, 3.05) is 45.9 Å². The number of carbonyl (C=O) groups excluding carboxylic acids is 1. The van der Waals surface area contributed by atoms with Crippen LogP contribution < -0.4 is 5.32 Å². The number of amides is 1. The molecule has 35 heavy (non-hydrogen) atoms. The number of carbonyl (C=O) groups is 1. The molecular weight excluding hydrogens is 468 g/mol. The molecule has 9 nitrogen and oxygen atoms in total. The van der Waals surface area contributed by atoms with E-state index in [2.05, 4.69) is 27.5 Å². The molecule has 1 aromatic carbocycles. The van der Waals surface area contributed by atoms with Gasteiger partial charge in [0, 0.05) is 39.3 Å². The summed E-state index contributed by atoms with van der Waals surface area (Å²) in [7, 11) is -3.60. The zero-order valence-corrected chi connectivity index (χ0v) is 21.2. The number of hydrogen-bond donors (Lipinski definition) is 1. The lowest BCUT2D eigenvalue weighted by atomic mass is 10.0. The predicted octanol–water partition coefficient (Wildman–Crippen LogP) is 2.13. The molecule has 5 rings (SSSR count). The normalized spacial score (nSPS) is 26.2. The zero-order chi connectivity index (χ0) is 24.6. The van der Waals surface area contributed by atoms with Crippen LogP contribution in [0.15, 0.2) is 39.8 Å². The van der Waals surface area contributed by atoms with E-state index < -0.39 is 10.0 Å². The predicted molar refractivity (Wildman–Crippen MR) is 129 cm³/mol. The SMILES string of the molecule is Cc1noc(C)c1S(=O)(=O)N1CC2CN(CC[C@H](NC(=O)C3CCOC3)c3ccccc3)CC2C1. The lowest BCUT2D eigenvalue weighted by molar-refractivity contribution is -0.125. The molecule has 1 amide bonds. The van der Waals surface area contributed by atoms with E-state index in [1.165, 1.54) is 0 Å². The Hall–Kier alpha value is -2.27. The minimum atomic E-state index is -3.60. The number of aryl methyl sites for hydroxylation is 2. The number of benzene rings is 1. The van der Waals surface area contributed by atoms with Crippen LogP contribution in [0, 0.1) is 31.6 Å². The van der Waals surface area contributed by atoms with Crippen molar-refractivity contribution in [3.8, 4) is 0 Å². The van der Waals surface area contributed by atoms with Crippen LogP contribution in [0.3, 0.4) is 0 Å². The van der Waals surface area contributed by atoms with E-state index in [1.807, 2.05) is 18.2 Å². The lowest BCUT2D eigenvalue weighted by Crippen LogP contribution is -2.37. The van der Waals surface area contributed by atoms with Crippen molar-refractivity contribution in [1.82, 2.24) is 19.7 Å². The van der Waals surface area contributed by atoms with Gasteiger partial charge in [-0.25, -0.2) is 8.42 Å². The van der Waals surface area contributed by atoms with Crippen molar-refractivity contribution in [3.05, 3.63) is 47.3 Å². The highest BCUT2D eigenvalue weighted by molar-refractivity contribution is 7.89. The molecule has 4 heterocycles. The number of rotatable bonds is 8. The van der Waals surface area contributed by atoms with Gasteiger partial charge in [0.2, 0.25) is 15.9 Å². The first-order valence-electron chi connectivity index (χ1n) is 12.4. The van der Waals surface area contributed by atoms with Crippen LogP contribution in [0.1, 0.15) is 35.9 Å². The Kier molecular flexibility index (Phi) is 6.98. The van der Waals surface area contributed by atoms with Crippen molar-refractivity contribution in [2.24, 2.45) is 17.8 Å². The monoisotopic (exact) mass is 502 g/mol. The molecule has 0 aliphatic carbocycles. The smallest absolute Gasteiger partial charge is 0.248 e. The van der Waals surface area contributed by atoms with E-state index in [-0.39, 0.29) is 22.8 Å². The van der Waals surface area contributed by atoms with Gasteiger partial charge in [-0.2, -0.15) is 4.31 Å². The van der Waals surface area contributed by atoms with Crippen LogP contribution in [0.5, 0.6) is 0 Å². The van der Waals surface area contributed by atoms with Gasteiger partial charge in [-0.1, -0.05) is 35.5 Å². The van der Waals surface area contributed by atoms with Crippen LogP contribution in [0.4, 0.5) is 0 Å². The topological polar surface area (TPSA) is 105 Å². The summed E-state index contributed by atoms with van der Waals surface area (Å²) in [5, 5.41) is 7.08. The molecule has 3 aliphatic rings. The largest absolute Gasteiger partial charge is 0.381 e. The van der Waals surface area contributed by atoms with Crippen molar-refractivity contribution in [2.45, 2.75) is 37.6 Å². The second kappa shape index (κ2) is 10.0. The minimum Gasteiger partial charge on any atom is -0.381 e. The first-order chi connectivity index (χ1) is 16.8. The van der Waals surface area contributed by atoms with Gasteiger partial charge in [0.05, 0.1) is 18.6 Å². The second-order valence-corrected chi connectivity index (χ2v) is 12.0. The lowest BCUT2D eigenvalue weighted by Gasteiger charge is -2.25. The number of likely N-dealkylation sites (tertiary alicyclic amines) is 1. The third-order valence-corrected chi connectivity index (χ3v) is 9.72. The molecule has 1 aromatic heterocycles. The third kappa shape index (κ3) is 5.02. The molecule has 3 aliphatic heterocycles. The second-order valence-electron chi connectivity index (χ2n) is 10.1. The van der Waals surface area contributed by atoms with Gasteiger partial charge in [-0.15, -0.1) is 0 Å². The van der Waals surface area contributed by atoms with Crippen LogP contribution in [-0.2, 0) is 19.6 Å². The Morgan fingerprint density at radius 2 is 1.86 bits per heavy atom. The van der Waals surface area contributed by atoms with E-state index in [1.54, 1.807) is 18.2 Å². The fraction of sp³-hybridized carbons (Fsp3) is 0.600. The summed E-state index contributed by atoms with van der Waals surface area (Å²) in [4.78, 5) is 15.4. The fourth-order valence-corrected chi connectivity index (χ4v) is 7.59. The van der Waals surface area contributed by atoms with E-state index in [0.717, 1.165) is 38.0 Å². The summed E-state index contributed by atoms with van der Waals surface area (Å²) in [5.74, 6) is 0.962. The number of fused-ring (bicyclic) bond motifs is 1. The molecule has 0 bridgehead atoms. The molecule has 2 aromatic rings. The van der Waals surface area contributed by atoms with Gasteiger partial charge in [-0.3, -0.25) is 4.79 Å². The maximum atomic E-state index is 13.2. The summed E-state index contributed by atoms with van der Waals surface area (Å²) in [6.07, 6.45) is 1.58. The average molecular weight is 503 g/mol. The highest BCUT2D eigenvalue weighted by Gasteiger charge is 2.45. The number of ether oxygens (including phenoxy) is 1. The van der Waals surface area contributed by atoms with Crippen LogP contribution in [0.25, 0.3) is 0 Å². The summed E-state index contributed by atoms with van der Waals surface area (Å²) in [5.41, 5.74) is 1.52. The summed E-state index contributed by atoms with van der Waals surface area (Å²) >= 11 is 0. The number of nitrogens with one attached hydrogen (secondary N) is 1. The van der Waals surface area contributed by atoms with Crippen molar-refractivity contribution < 1.29 is 22.5 Å². The van der Waals surface area contributed by atoms with Gasteiger partial charge in [-0.05, 0) is 44.1 Å². The van der Waals surface area contributed by atoms with Crippen LogP contribution in [0.2, 0.25) is 0 Å². The molecule has 4 atom stereocenters. The molecule has 0 radical (unpaired) electrons. The Morgan fingerprint density at radius 3 is 2.46 bits per heavy atom. The van der Waals surface area contributed by atoms with E-state index in [4.69, 9.17) is 9.26 Å². The molecule has 3 unspecified atom stereocenters. The summed E-state index contributed by atoms with van der Waals surface area (Å²) in [6, 6.07) is 10.1. The number of aromatic nitrogens is 1. The number of sulfonamides is 1. The van der Waals surface area contributed by atoms with E-state index >= 15 is 0 Å². The molecule has 190 valence electrons. The molecule has 3 saturated heterocycles. The first kappa shape index (κ1) is 24.4. The standard InChI is InChI=1S/C25H34N4O5S/c1-17-24(18(2)34-27-17)35(31,32)29-14-21-12-28(13-22(21)15-29)10-8-23(19-6-4-3-5-7-19)26-25(30)20-9-11-33-16-20/h3-7,20-23H,8-16H2,1-2H3,(H,26,30)/t20?,21?,22?,23-/m0/s1. The van der Waals surface area contributed by atoms with Gasteiger partial charge >= 0.3 is 0 Å². The van der Waals surface area contributed by atoms with Gasteiger partial charge in [0.25, 0.3) is 0 Å². The van der Waals surface area contributed by atoms with Crippen LogP contribution >= 0.6 is 0 Å². The van der Waals surface area contributed by atoms with E-state index in [0.29, 0.717) is 49.6 Å². The maximum Gasteiger partial charge on any atom is 0.248 e. The zero-order valence-electron chi connectivity index (χ0n) is 20.4. The van der Waals surface area contributed by atoms with Crippen molar-refractivity contribution in [3.63, 3.8) is 0 Å². The molecule has 10 heteroatoms. The Bertz CT molecular complexity index is 1110. The molecule has 0 saturated carbocycles.